The fraction of sp³-hybridized carbons (Fsp3) is 0.0769. The zero-order valence-electron chi connectivity index (χ0n) is 9.98. The molecule has 0 bridgehead atoms. The van der Waals surface area contributed by atoms with Crippen LogP contribution in [-0.2, 0) is 5.33 Å². The first-order chi connectivity index (χ1) is 9.52. The largest absolute Gasteiger partial charge is 0.456 e. The molecule has 0 saturated heterocycles. The second-order valence-electron chi connectivity index (χ2n) is 3.84. The van der Waals surface area contributed by atoms with Crippen LogP contribution in [0.25, 0.3) is 0 Å². The highest BCUT2D eigenvalue weighted by Crippen LogP contribution is 2.36. The van der Waals surface area contributed by atoms with E-state index in [4.69, 9.17) is 27.9 Å². The molecule has 7 heteroatoms. The zero-order chi connectivity index (χ0) is 14.7. The Bertz CT molecular complexity index is 664. The Kier molecular flexibility index (Phi) is 4.86. The number of ether oxygens (including phenoxy) is 1. The van der Waals surface area contributed by atoms with Crippen LogP contribution in [0.5, 0.6) is 11.5 Å². The first kappa shape index (κ1) is 15.1. The summed E-state index contributed by atoms with van der Waals surface area (Å²) in [7, 11) is 0. The van der Waals surface area contributed by atoms with Crippen LogP contribution in [0.15, 0.2) is 36.4 Å². The molecule has 2 aromatic carbocycles. The molecule has 0 atom stereocenters. The summed E-state index contributed by atoms with van der Waals surface area (Å²) in [6.07, 6.45) is 0. The third-order valence-corrected chi connectivity index (χ3v) is 3.94. The molecule has 2 rings (SSSR count). The van der Waals surface area contributed by atoms with Gasteiger partial charge in [0.2, 0.25) is 0 Å². The molecule has 2 aromatic rings. The Hall–Kier alpha value is -1.30. The minimum atomic E-state index is -0.438. The van der Waals surface area contributed by atoms with Crippen LogP contribution < -0.4 is 4.74 Å². The van der Waals surface area contributed by atoms with Crippen molar-refractivity contribution in [1.29, 1.82) is 0 Å². The number of benzene rings is 2. The average molecular weight is 377 g/mol. The highest BCUT2D eigenvalue weighted by atomic mass is 79.9. The lowest BCUT2D eigenvalue weighted by molar-refractivity contribution is -0.385. The van der Waals surface area contributed by atoms with Crippen LogP contribution in [0.4, 0.5) is 5.69 Å². The molecule has 0 radical (unpaired) electrons. The quantitative estimate of drug-likeness (QED) is 0.397. The molecule has 0 heterocycles. The molecule has 0 aliphatic rings. The van der Waals surface area contributed by atoms with E-state index in [1.165, 1.54) is 12.1 Å². The van der Waals surface area contributed by atoms with E-state index in [-0.39, 0.29) is 5.69 Å². The molecule has 20 heavy (non-hydrogen) atoms. The Morgan fingerprint density at radius 3 is 2.65 bits per heavy atom. The minimum Gasteiger partial charge on any atom is -0.456 e. The van der Waals surface area contributed by atoms with Gasteiger partial charge >= 0.3 is 0 Å². The second kappa shape index (κ2) is 6.43. The van der Waals surface area contributed by atoms with Crippen LogP contribution >= 0.6 is 39.1 Å². The van der Waals surface area contributed by atoms with Crippen LogP contribution in [-0.4, -0.2) is 4.92 Å². The summed E-state index contributed by atoms with van der Waals surface area (Å²) >= 11 is 15.1. The van der Waals surface area contributed by atoms with Crippen LogP contribution in [0.2, 0.25) is 10.0 Å². The SMILES string of the molecule is O=[N+]([O-])c1ccc(Oc2cccc(Cl)c2Cl)cc1CBr. The fourth-order valence-corrected chi connectivity index (χ4v) is 2.38. The average Bonchev–Trinajstić information content (AvgIpc) is 2.43. The maximum absolute atomic E-state index is 10.9. The number of rotatable bonds is 4. The lowest BCUT2D eigenvalue weighted by Crippen LogP contribution is -1.94. The van der Waals surface area contributed by atoms with E-state index >= 15 is 0 Å². The molecular weight excluding hydrogens is 369 g/mol. The van der Waals surface area contributed by atoms with E-state index in [1.54, 1.807) is 24.3 Å². The molecule has 4 nitrogen and oxygen atoms in total. The van der Waals surface area contributed by atoms with Gasteiger partial charge in [0.1, 0.15) is 16.5 Å². The van der Waals surface area contributed by atoms with Gasteiger partial charge in [-0.05, 0) is 24.3 Å². The Balaban J connectivity index is 2.35. The highest BCUT2D eigenvalue weighted by Gasteiger charge is 2.14. The number of alkyl halides is 1. The predicted molar refractivity (Wildman–Crippen MR) is 82.3 cm³/mol. The predicted octanol–water partition coefficient (Wildman–Crippen LogP) is 5.59. The molecule has 0 aliphatic carbocycles. The fourth-order valence-electron chi connectivity index (χ4n) is 1.60. The minimum absolute atomic E-state index is 0.0337. The monoisotopic (exact) mass is 375 g/mol. The van der Waals surface area contributed by atoms with Gasteiger partial charge in [-0.25, -0.2) is 0 Å². The molecule has 0 fully saturated rings. The highest BCUT2D eigenvalue weighted by molar-refractivity contribution is 9.08. The molecule has 0 N–H and O–H groups in total. The zero-order valence-corrected chi connectivity index (χ0v) is 13.1. The maximum atomic E-state index is 10.9. The molecule has 104 valence electrons. The van der Waals surface area contributed by atoms with Gasteiger partial charge in [0.15, 0.2) is 0 Å². The van der Waals surface area contributed by atoms with Crippen molar-refractivity contribution >= 4 is 44.8 Å². The summed E-state index contributed by atoms with van der Waals surface area (Å²) in [5.74, 6) is 0.850. The smallest absolute Gasteiger partial charge is 0.273 e. The van der Waals surface area contributed by atoms with E-state index in [1.807, 2.05) is 0 Å². The van der Waals surface area contributed by atoms with Crippen molar-refractivity contribution in [3.8, 4) is 11.5 Å². The third kappa shape index (κ3) is 3.23. The van der Waals surface area contributed by atoms with Gasteiger partial charge in [0, 0.05) is 17.0 Å². The van der Waals surface area contributed by atoms with Gasteiger partial charge in [-0.2, -0.15) is 0 Å². The van der Waals surface area contributed by atoms with E-state index in [2.05, 4.69) is 15.9 Å². The van der Waals surface area contributed by atoms with E-state index < -0.39 is 4.92 Å². The number of halogens is 3. The van der Waals surface area contributed by atoms with Crippen molar-refractivity contribution in [1.82, 2.24) is 0 Å². The number of nitrogens with zero attached hydrogens (tertiary/aromatic N) is 1. The van der Waals surface area contributed by atoms with Crippen molar-refractivity contribution in [2.75, 3.05) is 0 Å². The number of hydrogen-bond acceptors (Lipinski definition) is 3. The van der Waals surface area contributed by atoms with Gasteiger partial charge in [-0.15, -0.1) is 0 Å². The number of nitro benzene ring substituents is 1. The van der Waals surface area contributed by atoms with Crippen molar-refractivity contribution in [2.45, 2.75) is 5.33 Å². The second-order valence-corrected chi connectivity index (χ2v) is 5.18. The molecule has 0 unspecified atom stereocenters. The van der Waals surface area contributed by atoms with Gasteiger partial charge in [0.05, 0.1) is 9.95 Å². The van der Waals surface area contributed by atoms with E-state index in [0.29, 0.717) is 32.4 Å². The van der Waals surface area contributed by atoms with E-state index in [0.717, 1.165) is 0 Å². The van der Waals surface area contributed by atoms with Crippen LogP contribution in [0, 0.1) is 10.1 Å². The lowest BCUT2D eigenvalue weighted by atomic mass is 10.2. The molecule has 0 spiro atoms. The molecule has 0 aliphatic heterocycles. The standard InChI is InChI=1S/C13H8BrCl2NO3/c14-7-8-6-9(4-5-11(8)17(18)19)20-12-3-1-2-10(15)13(12)16/h1-6H,7H2. The Labute approximate surface area is 133 Å². The topological polar surface area (TPSA) is 52.4 Å². The summed E-state index contributed by atoms with van der Waals surface area (Å²) in [6.45, 7) is 0. The Morgan fingerprint density at radius 1 is 1.25 bits per heavy atom. The molecular formula is C13H8BrCl2NO3. The van der Waals surface area contributed by atoms with Gasteiger partial charge < -0.3 is 4.74 Å². The summed E-state index contributed by atoms with van der Waals surface area (Å²) in [4.78, 5) is 10.4. The summed E-state index contributed by atoms with van der Waals surface area (Å²) in [6, 6.07) is 9.52. The third-order valence-electron chi connectivity index (χ3n) is 2.54. The molecule has 0 saturated carbocycles. The van der Waals surface area contributed by atoms with Crippen molar-refractivity contribution in [2.24, 2.45) is 0 Å². The van der Waals surface area contributed by atoms with Crippen LogP contribution in [0.3, 0.4) is 0 Å². The maximum Gasteiger partial charge on any atom is 0.273 e. The normalized spacial score (nSPS) is 10.3. The van der Waals surface area contributed by atoms with Crippen molar-refractivity contribution in [3.05, 3.63) is 62.1 Å². The summed E-state index contributed by atoms with van der Waals surface area (Å²) in [5, 5.41) is 11.9. The molecule has 0 aromatic heterocycles. The first-order valence-electron chi connectivity index (χ1n) is 5.48. The molecule has 0 amide bonds. The van der Waals surface area contributed by atoms with E-state index in [9.17, 15) is 10.1 Å². The summed E-state index contributed by atoms with van der Waals surface area (Å²) in [5.41, 5.74) is 0.553. The van der Waals surface area contributed by atoms with Crippen LogP contribution in [0.1, 0.15) is 5.56 Å². The number of nitro groups is 1. The summed E-state index contributed by atoms with van der Waals surface area (Å²) < 4.78 is 5.61. The number of hydrogen-bond donors (Lipinski definition) is 0. The van der Waals surface area contributed by atoms with Crippen molar-refractivity contribution in [3.63, 3.8) is 0 Å². The van der Waals surface area contributed by atoms with Gasteiger partial charge in [0.25, 0.3) is 5.69 Å². The van der Waals surface area contributed by atoms with Gasteiger partial charge in [-0.3, -0.25) is 10.1 Å². The van der Waals surface area contributed by atoms with Gasteiger partial charge in [-0.1, -0.05) is 45.2 Å². The van der Waals surface area contributed by atoms with Crippen molar-refractivity contribution < 1.29 is 9.66 Å². The Morgan fingerprint density at radius 2 is 2.00 bits per heavy atom. The first-order valence-corrected chi connectivity index (χ1v) is 7.36. The lowest BCUT2D eigenvalue weighted by Gasteiger charge is -2.09.